The summed E-state index contributed by atoms with van der Waals surface area (Å²) >= 11 is 0. The third-order valence-electron chi connectivity index (χ3n) is 2.97. The van der Waals surface area contributed by atoms with Gasteiger partial charge in [0, 0.05) is 27.8 Å². The molecule has 0 aliphatic rings. The predicted molar refractivity (Wildman–Crippen MR) is 146 cm³/mol. The first-order valence-corrected chi connectivity index (χ1v) is 8.45. The molecule has 32 heavy (non-hydrogen) atoms. The van der Waals surface area contributed by atoms with Crippen molar-refractivity contribution < 1.29 is 82.5 Å². The van der Waals surface area contributed by atoms with Crippen molar-refractivity contribution in [1.29, 1.82) is 0 Å². The van der Waals surface area contributed by atoms with Crippen LogP contribution in [0.25, 0.3) is 0 Å². The maximum atomic E-state index is 10.4. The number of quaternary nitrogens is 1. The maximum absolute atomic E-state index is 10.4. The zero-order chi connectivity index (χ0) is 23.1. The van der Waals surface area contributed by atoms with E-state index in [9.17, 15) is 14.7 Å². The van der Waals surface area contributed by atoms with Crippen molar-refractivity contribution in [3.63, 3.8) is 0 Å². The summed E-state index contributed by atoms with van der Waals surface area (Å²) in [5.41, 5.74) is 0. The molecule has 0 bridgehead atoms. The van der Waals surface area contributed by atoms with E-state index in [0.717, 1.165) is 0 Å². The summed E-state index contributed by atoms with van der Waals surface area (Å²) in [5, 5.41) is 13.0. The summed E-state index contributed by atoms with van der Waals surface area (Å²) in [5.74, 6) is 35.8. The molecule has 0 rings (SSSR count). The SMILES string of the molecule is C#CC#CC#CC#CC#CC#CC#CC#CC.CCC(NC=O)[N+](C)(C)CC(=O)[O-].[Cl-].[HH].[HH].[HH].[HH].[HH].[HH].[HH].[HH].[HH].[HH].[HH].[HH].[HH].[HH].[HH].[Na+]. The zero-order valence-electron chi connectivity index (χ0n) is 18.7. The Hall–Kier alpha value is -3.33. The molecule has 0 aliphatic heterocycles. The number of aliphatic carboxylic acids is 1. The van der Waals surface area contributed by atoms with Crippen molar-refractivity contribution in [3.05, 3.63) is 0 Å². The van der Waals surface area contributed by atoms with Gasteiger partial charge in [0.2, 0.25) is 6.41 Å². The van der Waals surface area contributed by atoms with E-state index >= 15 is 0 Å². The van der Waals surface area contributed by atoms with Gasteiger partial charge in [-0.2, -0.15) is 0 Å². The van der Waals surface area contributed by atoms with Crippen LogP contribution in [0.4, 0.5) is 0 Å². The van der Waals surface area contributed by atoms with Crippen molar-refractivity contribution in [2.75, 3.05) is 20.6 Å². The minimum absolute atomic E-state index is 0. The number of carbonyl (C=O) groups excluding carboxylic acids is 2. The second-order valence-corrected chi connectivity index (χ2v) is 5.54. The van der Waals surface area contributed by atoms with Gasteiger partial charge in [0.25, 0.3) is 0 Å². The minimum atomic E-state index is -1.11. The summed E-state index contributed by atoms with van der Waals surface area (Å²) in [6.45, 7) is 3.47. The monoisotopic (exact) mass is 484 g/mol. The van der Waals surface area contributed by atoms with Crippen molar-refractivity contribution in [2.45, 2.75) is 26.4 Å². The van der Waals surface area contributed by atoms with Gasteiger partial charge in [-0.1, -0.05) is 12.8 Å². The number of nitrogens with zero attached hydrogens (tertiary/aromatic N) is 1. The van der Waals surface area contributed by atoms with E-state index < -0.39 is 5.97 Å². The summed E-state index contributed by atoms with van der Waals surface area (Å²) in [6, 6.07) is 0. The molecular weight excluding hydrogens is 435 g/mol. The van der Waals surface area contributed by atoms with E-state index in [1.54, 1.807) is 21.0 Å². The second-order valence-electron chi connectivity index (χ2n) is 5.54. The molecule has 0 heterocycles. The molecule has 1 N–H and O–H groups in total. The number of hydrogen-bond acceptors (Lipinski definition) is 3. The quantitative estimate of drug-likeness (QED) is 0.141. The molecule has 5 nitrogen and oxygen atoms in total. The van der Waals surface area contributed by atoms with E-state index in [-0.39, 0.29) is 80.6 Å². The van der Waals surface area contributed by atoms with Gasteiger partial charge >= 0.3 is 29.6 Å². The Labute approximate surface area is 242 Å². The molecule has 1 amide bonds. The van der Waals surface area contributed by atoms with Gasteiger partial charge in [-0.15, -0.1) is 6.42 Å². The predicted octanol–water partition coefficient (Wildman–Crippen LogP) is -3.34. The number of rotatable bonds is 6. The van der Waals surface area contributed by atoms with E-state index in [4.69, 9.17) is 6.42 Å². The van der Waals surface area contributed by atoms with Crippen LogP contribution in [-0.2, 0) is 9.59 Å². The average molecular weight is 485 g/mol. The van der Waals surface area contributed by atoms with Crippen molar-refractivity contribution in [1.82, 2.24) is 5.32 Å². The Morgan fingerprint density at radius 2 is 1.34 bits per heavy atom. The van der Waals surface area contributed by atoms with Crippen molar-refractivity contribution in [3.8, 4) is 95.2 Å². The smallest absolute Gasteiger partial charge is 1.00 e. The van der Waals surface area contributed by atoms with Crippen molar-refractivity contribution >= 4 is 12.4 Å². The molecule has 0 aromatic heterocycles. The molecule has 7 heteroatoms. The molecule has 0 aromatic carbocycles. The number of nitrogens with one attached hydrogen (secondary N) is 1. The molecule has 186 valence electrons. The molecule has 1 unspecified atom stereocenters. The van der Waals surface area contributed by atoms with Crippen LogP contribution in [0.15, 0.2) is 0 Å². The number of carboxylic acids is 1. The van der Waals surface area contributed by atoms with Gasteiger partial charge in [-0.05, 0) is 89.8 Å². The van der Waals surface area contributed by atoms with E-state index in [1.807, 2.05) is 6.92 Å². The first-order chi connectivity index (χ1) is 14.4. The number of halogens is 1. The molecule has 0 aliphatic carbocycles. The summed E-state index contributed by atoms with van der Waals surface area (Å²) < 4.78 is 0.192. The largest absolute Gasteiger partial charge is 1.00 e. The van der Waals surface area contributed by atoms with E-state index in [2.05, 4.69) is 94.1 Å². The molecule has 0 spiro atoms. The van der Waals surface area contributed by atoms with Gasteiger partial charge in [0.05, 0.1) is 20.1 Å². The molecule has 0 fully saturated rings. The number of hydrogen-bond donors (Lipinski definition) is 1. The van der Waals surface area contributed by atoms with Crippen molar-refractivity contribution in [2.24, 2.45) is 0 Å². The van der Waals surface area contributed by atoms with Crippen LogP contribution in [-0.4, -0.2) is 43.7 Å². The number of likely N-dealkylation sites (N-methyl/N-ethyl adjacent to an activating group) is 1. The number of carbonyl (C=O) groups is 2. The van der Waals surface area contributed by atoms with Crippen LogP contribution >= 0.6 is 0 Å². The Bertz CT molecular complexity index is 1130. The first-order valence-electron chi connectivity index (χ1n) is 8.45. The van der Waals surface area contributed by atoms with Gasteiger partial charge in [-0.3, -0.25) is 4.79 Å². The Kier molecular flexibility index (Phi) is 29.0. The second kappa shape index (κ2) is 25.7. The number of carboxylic acid groups (broad SMARTS) is 1. The van der Waals surface area contributed by atoms with E-state index in [1.165, 1.54) is 0 Å². The maximum Gasteiger partial charge on any atom is 1.00 e. The summed E-state index contributed by atoms with van der Waals surface area (Å²) in [7, 11) is 3.47. The molecule has 1 atom stereocenters. The van der Waals surface area contributed by atoms with Gasteiger partial charge in [0.1, 0.15) is 6.54 Å². The molecule has 0 aromatic rings. The Morgan fingerprint density at radius 3 is 1.62 bits per heavy atom. The fraction of sp³-hybridized carbons (Fsp3) is 0.280. The topological polar surface area (TPSA) is 69.2 Å². The third-order valence-corrected chi connectivity index (χ3v) is 2.97. The fourth-order valence-corrected chi connectivity index (χ4v) is 1.78. The number of terminal acetylenes is 1. The minimum Gasteiger partial charge on any atom is -1.00 e. The van der Waals surface area contributed by atoms with Crippen LogP contribution < -0.4 is 52.4 Å². The summed E-state index contributed by atoms with van der Waals surface area (Å²) in [4.78, 5) is 20.6. The van der Waals surface area contributed by atoms with Crippen LogP contribution in [0.2, 0.25) is 0 Å². The number of amides is 1. The van der Waals surface area contributed by atoms with Crippen LogP contribution in [0, 0.1) is 95.2 Å². The van der Waals surface area contributed by atoms with Crippen LogP contribution in [0.3, 0.4) is 0 Å². The standard InChI is InChI=1S/C17H4.C8H16N2O3.ClH.Na.15H2/c1-3-5-7-9-11-13-15-17-16-14-12-10-8-6-4-2;1-4-7(9-6-11)10(2,3)5-8(12)13;;;;;;;;;;;;;;;;;/h1H,2H3;6-7H,4-5H2,1-3H3,(H-,9,11,12,13);1H;;15*1H/q;;;+1;;;;;;;;;;;;;;;/p-1. The van der Waals surface area contributed by atoms with Gasteiger partial charge in [0.15, 0.2) is 6.17 Å². The molecule has 0 radical (unpaired) electrons. The Balaban J connectivity index is -0.0000000146. The van der Waals surface area contributed by atoms with E-state index in [0.29, 0.717) is 12.8 Å². The Morgan fingerprint density at radius 1 is 0.969 bits per heavy atom. The summed E-state index contributed by atoms with van der Waals surface area (Å²) in [6.07, 6.45) is 5.96. The first kappa shape index (κ1) is 36.1. The third kappa shape index (κ3) is 24.7. The van der Waals surface area contributed by atoms with Gasteiger partial charge < -0.3 is 32.1 Å². The normalized spacial score (nSPS) is 7.47. The van der Waals surface area contributed by atoms with Gasteiger partial charge in [-0.25, -0.2) is 0 Å². The van der Waals surface area contributed by atoms with Crippen LogP contribution in [0.1, 0.15) is 41.7 Å². The fourth-order valence-electron chi connectivity index (χ4n) is 1.78. The average Bonchev–Trinajstić information content (AvgIpc) is 2.69. The molecule has 0 saturated heterocycles. The zero-order valence-corrected chi connectivity index (χ0v) is 21.5. The van der Waals surface area contributed by atoms with Crippen LogP contribution in [0.5, 0.6) is 0 Å². The molecule has 0 saturated carbocycles. The molecular formula is C25H50ClN2NaO3.